The second-order valence-corrected chi connectivity index (χ2v) is 5.55. The lowest BCUT2D eigenvalue weighted by molar-refractivity contribution is 0.0728. The molecule has 1 saturated heterocycles. The minimum absolute atomic E-state index is 0.223. The van der Waals surface area contributed by atoms with Crippen molar-refractivity contribution < 1.29 is 5.11 Å². The molecule has 0 aromatic heterocycles. The van der Waals surface area contributed by atoms with Crippen LogP contribution in [0.5, 0.6) is 0 Å². The number of aliphatic hydroxyl groups excluding tert-OH is 1. The summed E-state index contributed by atoms with van der Waals surface area (Å²) in [7, 11) is 0. The molecule has 1 fully saturated rings. The van der Waals surface area contributed by atoms with Gasteiger partial charge in [-0.25, -0.2) is 0 Å². The second-order valence-electron chi connectivity index (χ2n) is 5.55. The summed E-state index contributed by atoms with van der Waals surface area (Å²) >= 11 is 0. The Morgan fingerprint density at radius 2 is 2.06 bits per heavy atom. The Hall–Kier alpha value is -0.120. The van der Waals surface area contributed by atoms with Crippen molar-refractivity contribution in [1.82, 2.24) is 10.2 Å². The number of nitrogens with one attached hydrogen (secondary N) is 1. The van der Waals surface area contributed by atoms with Gasteiger partial charge in [-0.1, -0.05) is 20.3 Å². The summed E-state index contributed by atoms with van der Waals surface area (Å²) in [5, 5.41) is 13.2. The van der Waals surface area contributed by atoms with E-state index >= 15 is 0 Å². The first-order valence-corrected chi connectivity index (χ1v) is 6.72. The number of likely N-dealkylation sites (tertiary alicyclic amines) is 1. The predicted octanol–water partition coefficient (Wildman–Crippen LogP) is 1.47. The van der Waals surface area contributed by atoms with Crippen LogP contribution >= 0.6 is 0 Å². The van der Waals surface area contributed by atoms with Gasteiger partial charge in [-0.2, -0.15) is 0 Å². The van der Waals surface area contributed by atoms with Gasteiger partial charge in [0.15, 0.2) is 0 Å². The highest BCUT2D eigenvalue weighted by atomic mass is 16.3. The summed E-state index contributed by atoms with van der Waals surface area (Å²) in [5.74, 6) is 0.654. The van der Waals surface area contributed by atoms with E-state index in [-0.39, 0.29) is 6.10 Å². The number of rotatable bonds is 6. The smallest absolute Gasteiger partial charge is 0.0791 e. The highest BCUT2D eigenvalue weighted by molar-refractivity contribution is 4.76. The molecule has 2 unspecified atom stereocenters. The van der Waals surface area contributed by atoms with Gasteiger partial charge in [-0.15, -0.1) is 0 Å². The van der Waals surface area contributed by atoms with Crippen molar-refractivity contribution in [2.24, 2.45) is 5.92 Å². The van der Waals surface area contributed by atoms with Gasteiger partial charge in [-0.05, 0) is 38.8 Å². The van der Waals surface area contributed by atoms with E-state index in [1.807, 2.05) is 0 Å². The number of hydrogen-bond donors (Lipinski definition) is 2. The molecule has 1 heterocycles. The molecule has 1 aliphatic rings. The van der Waals surface area contributed by atoms with Gasteiger partial charge in [0.25, 0.3) is 0 Å². The first-order chi connectivity index (χ1) is 7.59. The Bertz CT molecular complexity index is 185. The lowest BCUT2D eigenvalue weighted by Crippen LogP contribution is -2.45. The first-order valence-electron chi connectivity index (χ1n) is 6.72. The molecule has 0 amide bonds. The van der Waals surface area contributed by atoms with Crippen LogP contribution in [0.4, 0.5) is 0 Å². The summed E-state index contributed by atoms with van der Waals surface area (Å²) < 4.78 is 0. The van der Waals surface area contributed by atoms with Gasteiger partial charge < -0.3 is 10.4 Å². The fraction of sp³-hybridized carbons (Fsp3) is 1.00. The molecule has 0 aromatic carbocycles. The predicted molar refractivity (Wildman–Crippen MR) is 68.6 cm³/mol. The van der Waals surface area contributed by atoms with Crippen LogP contribution in [0.2, 0.25) is 0 Å². The summed E-state index contributed by atoms with van der Waals surface area (Å²) in [6, 6.07) is 0.647. The number of piperidine rings is 1. The fourth-order valence-electron chi connectivity index (χ4n) is 2.30. The quantitative estimate of drug-likeness (QED) is 0.722. The maximum absolute atomic E-state index is 9.93. The minimum Gasteiger partial charge on any atom is -0.390 e. The minimum atomic E-state index is -0.223. The maximum Gasteiger partial charge on any atom is 0.0791 e. The Balaban J connectivity index is 2.14. The monoisotopic (exact) mass is 228 g/mol. The van der Waals surface area contributed by atoms with Crippen LogP contribution < -0.4 is 5.32 Å². The summed E-state index contributed by atoms with van der Waals surface area (Å²) in [4.78, 5) is 2.42. The molecule has 16 heavy (non-hydrogen) atoms. The lowest BCUT2D eigenvalue weighted by Gasteiger charge is -2.34. The molecule has 3 heteroatoms. The molecule has 0 saturated carbocycles. The van der Waals surface area contributed by atoms with E-state index in [1.165, 1.54) is 19.3 Å². The SMILES string of the molecule is CC(C)CNCC(O)CN1CCCCC1C. The van der Waals surface area contributed by atoms with Gasteiger partial charge in [0, 0.05) is 19.1 Å². The number of β-amino-alcohol motifs (C(OH)–C–C–N with tert-alkyl or cyclic N) is 1. The van der Waals surface area contributed by atoms with Crippen molar-refractivity contribution in [3.63, 3.8) is 0 Å². The Morgan fingerprint density at radius 1 is 1.31 bits per heavy atom. The van der Waals surface area contributed by atoms with Gasteiger partial charge >= 0.3 is 0 Å². The van der Waals surface area contributed by atoms with Crippen LogP contribution in [-0.2, 0) is 0 Å². The van der Waals surface area contributed by atoms with Crippen molar-refractivity contribution >= 4 is 0 Å². The van der Waals surface area contributed by atoms with Crippen LogP contribution in [-0.4, -0.2) is 48.3 Å². The van der Waals surface area contributed by atoms with E-state index in [4.69, 9.17) is 0 Å². The van der Waals surface area contributed by atoms with Gasteiger partial charge in [0.1, 0.15) is 0 Å². The Labute approximate surface area is 100 Å². The van der Waals surface area contributed by atoms with E-state index in [1.54, 1.807) is 0 Å². The third kappa shape index (κ3) is 5.28. The topological polar surface area (TPSA) is 35.5 Å². The van der Waals surface area contributed by atoms with Gasteiger partial charge in [0.05, 0.1) is 6.10 Å². The van der Waals surface area contributed by atoms with E-state index in [9.17, 15) is 5.11 Å². The fourth-order valence-corrected chi connectivity index (χ4v) is 2.30. The third-order valence-electron chi connectivity index (χ3n) is 3.32. The molecule has 2 atom stereocenters. The van der Waals surface area contributed by atoms with Crippen molar-refractivity contribution in [2.45, 2.75) is 52.2 Å². The summed E-state index contributed by atoms with van der Waals surface area (Å²) in [6.07, 6.45) is 3.70. The Morgan fingerprint density at radius 3 is 2.69 bits per heavy atom. The van der Waals surface area contributed by atoms with Gasteiger partial charge in [0.2, 0.25) is 0 Å². The summed E-state index contributed by atoms with van der Waals surface area (Å²) in [5.41, 5.74) is 0. The molecule has 3 nitrogen and oxygen atoms in total. The van der Waals surface area contributed by atoms with Gasteiger partial charge in [-0.3, -0.25) is 4.90 Å². The second kappa shape index (κ2) is 7.25. The molecule has 2 N–H and O–H groups in total. The number of hydrogen-bond acceptors (Lipinski definition) is 3. The molecule has 0 spiro atoms. The number of aliphatic hydroxyl groups is 1. The molecule has 1 aliphatic heterocycles. The lowest BCUT2D eigenvalue weighted by atomic mass is 10.0. The average molecular weight is 228 g/mol. The number of nitrogens with zero attached hydrogens (tertiary/aromatic N) is 1. The van der Waals surface area contributed by atoms with E-state index in [0.29, 0.717) is 12.0 Å². The molecule has 0 bridgehead atoms. The van der Waals surface area contributed by atoms with Crippen LogP contribution in [0.25, 0.3) is 0 Å². The Kier molecular flexibility index (Phi) is 6.32. The van der Waals surface area contributed by atoms with Crippen LogP contribution in [0.3, 0.4) is 0 Å². The zero-order valence-electron chi connectivity index (χ0n) is 11.1. The molecule has 0 aliphatic carbocycles. The van der Waals surface area contributed by atoms with Crippen LogP contribution in [0, 0.1) is 5.92 Å². The van der Waals surface area contributed by atoms with Crippen molar-refractivity contribution in [2.75, 3.05) is 26.2 Å². The van der Waals surface area contributed by atoms with Crippen molar-refractivity contribution in [3.8, 4) is 0 Å². The van der Waals surface area contributed by atoms with E-state index in [2.05, 4.69) is 31.0 Å². The van der Waals surface area contributed by atoms with Crippen LogP contribution in [0.15, 0.2) is 0 Å². The molecule has 0 radical (unpaired) electrons. The standard InChI is InChI=1S/C13H28N2O/c1-11(2)8-14-9-13(16)10-15-7-5-4-6-12(15)3/h11-14,16H,4-10H2,1-3H3. The average Bonchev–Trinajstić information content (AvgIpc) is 2.21. The summed E-state index contributed by atoms with van der Waals surface area (Å²) in [6.45, 7) is 10.3. The third-order valence-corrected chi connectivity index (χ3v) is 3.32. The molecule has 96 valence electrons. The normalized spacial score (nSPS) is 24.9. The van der Waals surface area contributed by atoms with Crippen molar-refractivity contribution in [3.05, 3.63) is 0 Å². The molecular weight excluding hydrogens is 200 g/mol. The maximum atomic E-state index is 9.93. The largest absolute Gasteiger partial charge is 0.390 e. The van der Waals surface area contributed by atoms with E-state index in [0.717, 1.165) is 26.2 Å². The molecule has 0 aromatic rings. The molecule has 1 rings (SSSR count). The van der Waals surface area contributed by atoms with Crippen molar-refractivity contribution in [1.29, 1.82) is 0 Å². The first kappa shape index (κ1) is 13.9. The zero-order chi connectivity index (χ0) is 12.0. The zero-order valence-corrected chi connectivity index (χ0v) is 11.1. The highest BCUT2D eigenvalue weighted by Crippen LogP contribution is 2.16. The highest BCUT2D eigenvalue weighted by Gasteiger charge is 2.20. The van der Waals surface area contributed by atoms with Crippen LogP contribution in [0.1, 0.15) is 40.0 Å². The molecular formula is C13H28N2O. The van der Waals surface area contributed by atoms with E-state index < -0.39 is 0 Å².